The molecule has 1 aromatic rings. The molecule has 180 valence electrons. The molecule has 5 unspecified atom stereocenters. The molecule has 1 N–H and O–H groups in total. The summed E-state index contributed by atoms with van der Waals surface area (Å²) in [5.74, 6) is 0.579. The molecule has 2 fully saturated rings. The predicted octanol–water partition coefficient (Wildman–Crippen LogP) is 5.52. The van der Waals surface area contributed by atoms with Crippen molar-refractivity contribution in [3.8, 4) is 0 Å². The van der Waals surface area contributed by atoms with Crippen LogP contribution in [-0.2, 0) is 19.1 Å². The average molecular weight is 462 g/mol. The van der Waals surface area contributed by atoms with Gasteiger partial charge in [0, 0.05) is 37.4 Å². The van der Waals surface area contributed by atoms with Crippen molar-refractivity contribution in [2.45, 2.75) is 77.2 Å². The second kappa shape index (κ2) is 8.21. The minimum absolute atomic E-state index is 0.0345. The molecule has 0 radical (unpaired) electrons. The van der Waals surface area contributed by atoms with E-state index in [9.17, 15) is 14.4 Å². The zero-order valence-corrected chi connectivity index (χ0v) is 20.7. The highest BCUT2D eigenvalue weighted by molar-refractivity contribution is 5.93. The number of ketones is 2. The Balaban J connectivity index is 1.69. The number of nitrogens with one attached hydrogen (secondary N) is 1. The predicted molar refractivity (Wildman–Crippen MR) is 131 cm³/mol. The van der Waals surface area contributed by atoms with Crippen LogP contribution in [0.25, 0.3) is 0 Å². The van der Waals surface area contributed by atoms with Gasteiger partial charge in [0.25, 0.3) is 0 Å². The van der Waals surface area contributed by atoms with Crippen molar-refractivity contribution in [3.63, 3.8) is 0 Å². The van der Waals surface area contributed by atoms with E-state index in [1.807, 2.05) is 13.1 Å². The van der Waals surface area contributed by atoms with Crippen LogP contribution in [0.2, 0.25) is 0 Å². The van der Waals surface area contributed by atoms with Gasteiger partial charge >= 0.3 is 5.97 Å². The smallest absolute Gasteiger partial charge is 0.303 e. The number of hydrogen-bond donors (Lipinski definition) is 1. The molecule has 0 heterocycles. The van der Waals surface area contributed by atoms with Crippen LogP contribution in [0.3, 0.4) is 0 Å². The van der Waals surface area contributed by atoms with Crippen molar-refractivity contribution < 1.29 is 19.1 Å². The first-order valence-corrected chi connectivity index (χ1v) is 12.6. The summed E-state index contributed by atoms with van der Waals surface area (Å²) in [6.45, 7) is 5.21. The SMILES string of the molecule is CNc1ccc(C2CC3(C)C(CCC3(OC(C)=O)C(C)=O)C3CCC4=CC(=O)CCC4=C23)cc1. The van der Waals surface area contributed by atoms with Crippen molar-refractivity contribution in [3.05, 3.63) is 52.6 Å². The highest BCUT2D eigenvalue weighted by atomic mass is 16.6. The minimum Gasteiger partial charge on any atom is -0.451 e. The van der Waals surface area contributed by atoms with E-state index in [0.29, 0.717) is 18.8 Å². The fourth-order valence-electron chi connectivity index (χ4n) is 7.89. The van der Waals surface area contributed by atoms with Crippen LogP contribution in [0.4, 0.5) is 5.69 Å². The molecule has 0 amide bonds. The number of anilines is 1. The molecule has 2 saturated carbocycles. The Bertz CT molecular complexity index is 1110. The number of allylic oxidation sites excluding steroid dienone is 4. The summed E-state index contributed by atoms with van der Waals surface area (Å²) in [4.78, 5) is 37.6. The number of benzene rings is 1. The minimum atomic E-state index is -1.07. The van der Waals surface area contributed by atoms with Gasteiger partial charge in [-0.05, 0) is 92.2 Å². The number of rotatable bonds is 4. The largest absolute Gasteiger partial charge is 0.451 e. The van der Waals surface area contributed by atoms with Gasteiger partial charge in [0.05, 0.1) is 0 Å². The quantitative estimate of drug-likeness (QED) is 0.598. The molecule has 5 atom stereocenters. The summed E-state index contributed by atoms with van der Waals surface area (Å²) < 4.78 is 5.98. The van der Waals surface area contributed by atoms with Gasteiger partial charge in [-0.25, -0.2) is 0 Å². The lowest BCUT2D eigenvalue weighted by molar-refractivity contribution is -0.182. The van der Waals surface area contributed by atoms with Crippen LogP contribution < -0.4 is 5.32 Å². The molecule has 0 saturated heterocycles. The molecule has 1 aromatic carbocycles. The lowest BCUT2D eigenvalue weighted by Crippen LogP contribution is -2.57. The number of ether oxygens (including phenoxy) is 1. The summed E-state index contributed by atoms with van der Waals surface area (Å²) >= 11 is 0. The van der Waals surface area contributed by atoms with E-state index in [-0.39, 0.29) is 29.4 Å². The first-order chi connectivity index (χ1) is 16.2. The van der Waals surface area contributed by atoms with Gasteiger partial charge in [-0.2, -0.15) is 0 Å². The summed E-state index contributed by atoms with van der Waals surface area (Å²) in [6, 6.07) is 8.58. The molecule has 0 aromatic heterocycles. The highest BCUT2D eigenvalue weighted by Gasteiger charge is 2.67. The Labute approximate surface area is 202 Å². The second-order valence-corrected chi connectivity index (χ2v) is 10.9. The molecule has 0 bridgehead atoms. The molecule has 5 heteroatoms. The zero-order valence-electron chi connectivity index (χ0n) is 20.7. The van der Waals surface area contributed by atoms with E-state index in [2.05, 4.69) is 36.5 Å². The lowest BCUT2D eigenvalue weighted by atomic mass is 9.50. The van der Waals surface area contributed by atoms with Crippen LogP contribution in [0.15, 0.2) is 47.1 Å². The maximum atomic E-state index is 13.2. The van der Waals surface area contributed by atoms with E-state index in [1.54, 1.807) is 6.92 Å². The number of Topliss-reactive ketones (excluding diaryl/α,β-unsaturated/α-hetero) is 1. The molecular formula is C29H35NO4. The van der Waals surface area contributed by atoms with Gasteiger partial charge in [-0.3, -0.25) is 14.4 Å². The topological polar surface area (TPSA) is 72.5 Å². The summed E-state index contributed by atoms with van der Waals surface area (Å²) in [5, 5.41) is 3.20. The Hall–Kier alpha value is -2.69. The second-order valence-electron chi connectivity index (χ2n) is 10.9. The monoisotopic (exact) mass is 461 g/mol. The van der Waals surface area contributed by atoms with Crippen molar-refractivity contribution in [2.24, 2.45) is 17.3 Å². The maximum absolute atomic E-state index is 13.2. The Morgan fingerprint density at radius 3 is 2.44 bits per heavy atom. The third-order valence-corrected chi connectivity index (χ3v) is 9.34. The van der Waals surface area contributed by atoms with Gasteiger partial charge in [0.2, 0.25) is 0 Å². The summed E-state index contributed by atoms with van der Waals surface area (Å²) in [5.41, 5.74) is 4.87. The van der Waals surface area contributed by atoms with Crippen molar-refractivity contribution in [1.29, 1.82) is 0 Å². The third-order valence-electron chi connectivity index (χ3n) is 9.34. The van der Waals surface area contributed by atoms with Crippen LogP contribution in [0.1, 0.15) is 77.2 Å². The molecular weight excluding hydrogens is 426 g/mol. The molecule has 4 aliphatic carbocycles. The summed E-state index contributed by atoms with van der Waals surface area (Å²) in [6.07, 6.45) is 7.40. The van der Waals surface area contributed by atoms with Gasteiger partial charge in [-0.1, -0.05) is 24.6 Å². The van der Waals surface area contributed by atoms with E-state index < -0.39 is 11.0 Å². The standard InChI is InChI=1S/C29H35NO4/c1-17(31)29(34-18(2)32)14-13-26-24-11-7-20-15-22(33)10-12-23(20)27(24)25(16-28(26,29)3)19-5-8-21(30-4)9-6-19/h5-6,8-9,15,24-26,30H,7,10-14,16H2,1-4H3. The highest BCUT2D eigenvalue weighted by Crippen LogP contribution is 2.67. The fraction of sp³-hybridized carbons (Fsp3) is 0.552. The number of fused-ring (bicyclic) bond motifs is 4. The van der Waals surface area contributed by atoms with Gasteiger partial charge in [0.15, 0.2) is 17.2 Å². The Kier molecular flexibility index (Phi) is 5.57. The third kappa shape index (κ3) is 3.30. The van der Waals surface area contributed by atoms with Gasteiger partial charge < -0.3 is 10.1 Å². The van der Waals surface area contributed by atoms with Crippen molar-refractivity contribution in [2.75, 3.05) is 12.4 Å². The molecule has 5 rings (SSSR count). The Morgan fingerprint density at radius 2 is 1.79 bits per heavy atom. The van der Waals surface area contributed by atoms with Crippen LogP contribution in [-0.4, -0.2) is 30.2 Å². The van der Waals surface area contributed by atoms with Crippen molar-refractivity contribution in [1.82, 2.24) is 0 Å². The van der Waals surface area contributed by atoms with Gasteiger partial charge in [-0.15, -0.1) is 0 Å². The number of esters is 1. The first-order valence-electron chi connectivity index (χ1n) is 12.6. The van der Waals surface area contributed by atoms with Crippen LogP contribution in [0.5, 0.6) is 0 Å². The zero-order chi connectivity index (χ0) is 24.3. The first kappa shape index (κ1) is 23.1. The van der Waals surface area contributed by atoms with Gasteiger partial charge in [0.1, 0.15) is 0 Å². The average Bonchev–Trinajstić information content (AvgIpc) is 3.10. The number of carbonyl (C=O) groups is 3. The van der Waals surface area contributed by atoms with E-state index in [4.69, 9.17) is 4.74 Å². The van der Waals surface area contributed by atoms with Crippen molar-refractivity contribution >= 4 is 23.2 Å². The van der Waals surface area contributed by atoms with Crippen LogP contribution >= 0.6 is 0 Å². The Morgan fingerprint density at radius 1 is 1.06 bits per heavy atom. The molecule has 5 nitrogen and oxygen atoms in total. The van der Waals surface area contributed by atoms with Crippen LogP contribution in [0, 0.1) is 17.3 Å². The molecule has 4 aliphatic rings. The van der Waals surface area contributed by atoms with E-state index in [1.165, 1.54) is 29.2 Å². The van der Waals surface area contributed by atoms with E-state index in [0.717, 1.165) is 37.8 Å². The molecule has 34 heavy (non-hydrogen) atoms. The number of hydrogen-bond acceptors (Lipinski definition) is 5. The van der Waals surface area contributed by atoms with E-state index >= 15 is 0 Å². The normalized spacial score (nSPS) is 34.5. The summed E-state index contributed by atoms with van der Waals surface area (Å²) in [7, 11) is 1.91. The maximum Gasteiger partial charge on any atom is 0.303 e. The molecule has 0 aliphatic heterocycles. The molecule has 0 spiro atoms. The number of carbonyl (C=O) groups excluding carboxylic acids is 3. The fourth-order valence-corrected chi connectivity index (χ4v) is 7.89. The lowest BCUT2D eigenvalue weighted by Gasteiger charge is -2.55.